The topological polar surface area (TPSA) is 163 Å². The van der Waals surface area contributed by atoms with E-state index in [2.05, 4.69) is 38.5 Å². The van der Waals surface area contributed by atoms with E-state index < -0.39 is 43.1 Å². The number of esters is 3. The molecule has 2 rings (SSSR count). The van der Waals surface area contributed by atoms with Gasteiger partial charge in [-0.2, -0.15) is 0 Å². The van der Waals surface area contributed by atoms with Gasteiger partial charge in [0.2, 0.25) is 0 Å². The molecule has 0 saturated carbocycles. The molecule has 0 aromatic heterocycles. The zero-order valence-electron chi connectivity index (χ0n) is 20.0. The highest BCUT2D eigenvalue weighted by atomic mass is 16.6. The van der Waals surface area contributed by atoms with Gasteiger partial charge in [-0.3, -0.25) is 9.59 Å². The van der Waals surface area contributed by atoms with Gasteiger partial charge in [0.05, 0.1) is 13.2 Å². The maximum absolute atomic E-state index is 11.3. The van der Waals surface area contributed by atoms with E-state index in [1.54, 1.807) is 0 Å². The Hall–Kier alpha value is -4.08. The summed E-state index contributed by atoms with van der Waals surface area (Å²) in [5.41, 5.74) is 0.396. The lowest BCUT2D eigenvalue weighted by atomic mass is 10.4. The van der Waals surface area contributed by atoms with Crippen LogP contribution in [-0.2, 0) is 42.9 Å². The zero-order valence-corrected chi connectivity index (χ0v) is 19.0. The van der Waals surface area contributed by atoms with E-state index in [1.165, 1.54) is 20.2 Å². The number of amides is 2. The molecule has 34 heavy (non-hydrogen) atoms. The van der Waals surface area contributed by atoms with Crippen LogP contribution in [0.25, 0.3) is 0 Å². The van der Waals surface area contributed by atoms with E-state index in [0.29, 0.717) is 13.0 Å². The van der Waals surface area contributed by atoms with Gasteiger partial charge in [0, 0.05) is 26.0 Å². The van der Waals surface area contributed by atoms with Crippen LogP contribution < -0.4 is 0 Å². The van der Waals surface area contributed by atoms with Crippen molar-refractivity contribution in [2.24, 2.45) is 0 Å². The molecule has 3 radical (unpaired) electrons. The molecule has 0 unspecified atom stereocenters. The van der Waals surface area contributed by atoms with Gasteiger partial charge in [-0.15, -0.1) is 12.8 Å². The number of hydrogen-bond donors (Lipinski definition) is 1. The monoisotopic (exact) mass is 481 g/mol. The molecule has 0 aromatic rings. The minimum absolute atomic E-state index is 0. The van der Waals surface area contributed by atoms with Gasteiger partial charge in [0.25, 0.3) is 5.91 Å². The number of rotatable bonds is 6. The molecule has 2 fully saturated rings. The summed E-state index contributed by atoms with van der Waals surface area (Å²) >= 11 is 0. The van der Waals surface area contributed by atoms with Gasteiger partial charge >= 0.3 is 30.0 Å². The number of aliphatic carboxylic acids is 1. The van der Waals surface area contributed by atoms with E-state index in [1.807, 2.05) is 0 Å². The molecular formula is C21H27BNO11. The zero-order chi connectivity index (χ0) is 26.7. The third kappa shape index (κ3) is 16.6. The number of terminal acetylenes is 1. The number of imide groups is 1. The molecule has 2 aliphatic rings. The minimum atomic E-state index is -1.17. The fourth-order valence-corrected chi connectivity index (χ4v) is 1.67. The molecule has 2 aliphatic heterocycles. The smallest absolute Gasteiger partial charge is 0.416 e. The molecule has 185 valence electrons. The summed E-state index contributed by atoms with van der Waals surface area (Å²) in [6, 6.07) is 0. The molecule has 0 atom stereocenters. The molecule has 13 heteroatoms. The summed E-state index contributed by atoms with van der Waals surface area (Å²) in [7, 11) is 0. The van der Waals surface area contributed by atoms with E-state index in [9.17, 15) is 28.8 Å². The molecule has 1 N–H and O–H groups in total. The minimum Gasteiger partial charge on any atom is -0.479 e. The lowest BCUT2D eigenvalue weighted by Crippen LogP contribution is -2.35. The van der Waals surface area contributed by atoms with Crippen molar-refractivity contribution in [2.45, 2.75) is 26.7 Å². The number of carbonyl (C=O) groups excluding carboxylic acids is 5. The Morgan fingerprint density at radius 3 is 1.85 bits per heavy atom. The number of nitrogens with zero attached hydrogens (tertiary/aromatic N) is 1. The third-order valence-electron chi connectivity index (χ3n) is 3.20. The van der Waals surface area contributed by atoms with Gasteiger partial charge in [-0.05, 0) is 20.3 Å². The predicted molar refractivity (Wildman–Crippen MR) is 118 cm³/mol. The van der Waals surface area contributed by atoms with Gasteiger partial charge in [-0.1, -0.05) is 13.2 Å². The summed E-state index contributed by atoms with van der Waals surface area (Å²) in [6.07, 6.45) is 6.60. The first-order valence-corrected chi connectivity index (χ1v) is 9.24. The van der Waals surface area contributed by atoms with Crippen molar-refractivity contribution < 1.29 is 54.2 Å². The molecule has 0 spiro atoms. The maximum Gasteiger partial charge on any atom is 0.416 e. The molecule has 0 aromatic carbocycles. The number of carboxylic acids is 1. The van der Waals surface area contributed by atoms with Crippen molar-refractivity contribution in [3.63, 3.8) is 0 Å². The van der Waals surface area contributed by atoms with E-state index in [0.717, 1.165) is 11.3 Å². The highest BCUT2D eigenvalue weighted by Gasteiger charge is 2.28. The second-order valence-electron chi connectivity index (χ2n) is 6.09. The van der Waals surface area contributed by atoms with E-state index in [-0.39, 0.29) is 38.7 Å². The number of carbonyl (C=O) groups is 6. The molecule has 0 bridgehead atoms. The Morgan fingerprint density at radius 2 is 1.56 bits per heavy atom. The summed E-state index contributed by atoms with van der Waals surface area (Å²) in [5, 5.41) is 8.04. The van der Waals surface area contributed by atoms with Crippen molar-refractivity contribution in [1.29, 1.82) is 0 Å². The standard InChI is InChI=1S/C9H11NO5.C6H8O4.C4H6O2.C2H2.B/c1-6(2)8(12)15-5-7(11)10-3-4-14-9(10)13;1-4(2)6(9)10-3-5(7)8;5-4-2-1-3-6-4;1-2;/h1,3-5H2,2H3;1,3H2,2H3,(H,7,8);1-3H2;1-2H;/i;;;1D;. The molecular weight excluding hydrogens is 453 g/mol. The normalized spacial score (nSPS) is 13.0. The van der Waals surface area contributed by atoms with Gasteiger partial charge in [0.1, 0.15) is 7.98 Å². The molecule has 0 aliphatic carbocycles. The quantitative estimate of drug-likeness (QED) is 0.184. The Labute approximate surface area is 200 Å². The van der Waals surface area contributed by atoms with E-state index >= 15 is 0 Å². The Morgan fingerprint density at radius 1 is 1.06 bits per heavy atom. The fourth-order valence-electron chi connectivity index (χ4n) is 1.67. The number of carboxylic acid groups (broad SMARTS) is 1. The molecule has 2 amide bonds. The lowest BCUT2D eigenvalue weighted by molar-refractivity contribution is -0.152. The summed E-state index contributed by atoms with van der Waals surface area (Å²) < 4.78 is 23.6. The highest BCUT2D eigenvalue weighted by Crippen LogP contribution is 2.04. The Kier molecular flexibility index (Phi) is 18.5. The third-order valence-corrected chi connectivity index (χ3v) is 3.20. The number of ether oxygens (including phenoxy) is 4. The molecule has 2 saturated heterocycles. The fraction of sp³-hybridized carbons (Fsp3) is 0.429. The summed E-state index contributed by atoms with van der Waals surface area (Å²) in [6.45, 7) is 9.47. The maximum atomic E-state index is 11.3. The van der Waals surface area contributed by atoms with Crippen LogP contribution in [-0.4, -0.2) is 87.3 Å². The van der Waals surface area contributed by atoms with Crippen LogP contribution in [0.15, 0.2) is 24.3 Å². The van der Waals surface area contributed by atoms with Gasteiger partial charge in [-0.25, -0.2) is 24.1 Å². The van der Waals surface area contributed by atoms with Crippen molar-refractivity contribution in [1.82, 2.24) is 4.90 Å². The van der Waals surface area contributed by atoms with Crippen LogP contribution in [0.1, 0.15) is 28.1 Å². The molecule has 12 nitrogen and oxygen atoms in total. The Bertz CT molecular complexity index is 828. The second kappa shape index (κ2) is 19.6. The van der Waals surface area contributed by atoms with Crippen molar-refractivity contribution in [3.05, 3.63) is 24.3 Å². The lowest BCUT2D eigenvalue weighted by Gasteiger charge is -2.10. The SMILES string of the molecule is C=C(C)C(=O)OCC(=O)N1CCOC1=O.C=C(C)C(=O)OCC(=O)O.O=C1CCCO1.[2H]C#C.[B]. The predicted octanol–water partition coefficient (Wildman–Crippen LogP) is 0.467. The van der Waals surface area contributed by atoms with Crippen molar-refractivity contribution in [3.8, 4) is 12.8 Å². The Balaban J connectivity index is -0.000000441. The van der Waals surface area contributed by atoms with Crippen molar-refractivity contribution in [2.75, 3.05) is 33.0 Å². The first-order valence-electron chi connectivity index (χ1n) is 9.74. The summed E-state index contributed by atoms with van der Waals surface area (Å²) in [4.78, 5) is 64.4. The highest BCUT2D eigenvalue weighted by molar-refractivity contribution is 5.95. The first kappa shape index (κ1) is 32.1. The second-order valence-corrected chi connectivity index (χ2v) is 6.09. The average molecular weight is 481 g/mol. The largest absolute Gasteiger partial charge is 0.479 e. The van der Waals surface area contributed by atoms with Crippen molar-refractivity contribution >= 4 is 44.3 Å². The van der Waals surface area contributed by atoms with Gasteiger partial charge < -0.3 is 24.1 Å². The van der Waals surface area contributed by atoms with Crippen LogP contribution in [0.2, 0.25) is 0 Å². The number of cyclic esters (lactones) is 2. The van der Waals surface area contributed by atoms with Crippen LogP contribution >= 0.6 is 0 Å². The summed E-state index contributed by atoms with van der Waals surface area (Å²) in [5.74, 6) is -3.14. The van der Waals surface area contributed by atoms with Crippen LogP contribution in [0.4, 0.5) is 4.79 Å². The molecule has 2 heterocycles. The van der Waals surface area contributed by atoms with Crippen LogP contribution in [0.5, 0.6) is 0 Å². The van der Waals surface area contributed by atoms with Gasteiger partial charge in [0.15, 0.2) is 13.2 Å². The number of hydrogen-bond acceptors (Lipinski definition) is 10. The average Bonchev–Trinajstić information content (AvgIpc) is 3.42. The van der Waals surface area contributed by atoms with Crippen LogP contribution in [0, 0.1) is 12.8 Å². The first-order chi connectivity index (χ1) is 15.9. The van der Waals surface area contributed by atoms with E-state index in [4.69, 9.17) is 6.48 Å². The van der Waals surface area contributed by atoms with Crippen LogP contribution in [0.3, 0.4) is 0 Å².